The van der Waals surface area contributed by atoms with Crippen molar-refractivity contribution >= 4 is 5.91 Å². The standard InChI is InChI=1S/C10H13NO2/c1-11-10(12)8-13-9-6-4-2-3-5-7-9/h2,4-7H,3,8H2,1H3,(H,11,12). The Hall–Kier alpha value is -1.51. The highest BCUT2D eigenvalue weighted by Gasteiger charge is 1.99. The van der Waals surface area contributed by atoms with Crippen LogP contribution in [0.2, 0.25) is 0 Å². The van der Waals surface area contributed by atoms with E-state index in [0.717, 1.165) is 12.2 Å². The van der Waals surface area contributed by atoms with Gasteiger partial charge in [-0.1, -0.05) is 18.2 Å². The van der Waals surface area contributed by atoms with Crippen molar-refractivity contribution in [1.29, 1.82) is 0 Å². The molecule has 0 radical (unpaired) electrons. The second-order valence-electron chi connectivity index (χ2n) is 2.60. The molecule has 0 heterocycles. The van der Waals surface area contributed by atoms with Gasteiger partial charge in [-0.3, -0.25) is 4.79 Å². The normalized spacial score (nSPS) is 14.7. The molecule has 0 saturated carbocycles. The first-order chi connectivity index (χ1) is 6.33. The zero-order chi connectivity index (χ0) is 9.52. The predicted octanol–water partition coefficient (Wildman–Crippen LogP) is 1.15. The monoisotopic (exact) mass is 179 g/mol. The molecule has 0 atom stereocenters. The van der Waals surface area contributed by atoms with Crippen molar-refractivity contribution in [3.63, 3.8) is 0 Å². The SMILES string of the molecule is CNC(=O)COC1=CC=CCC=C1. The van der Waals surface area contributed by atoms with Crippen molar-refractivity contribution < 1.29 is 9.53 Å². The van der Waals surface area contributed by atoms with Crippen molar-refractivity contribution in [2.24, 2.45) is 0 Å². The first-order valence-electron chi connectivity index (χ1n) is 4.19. The molecule has 1 aliphatic carbocycles. The number of likely N-dealkylation sites (N-methyl/N-ethyl adjacent to an activating group) is 1. The Morgan fingerprint density at radius 2 is 2.46 bits per heavy atom. The number of hydrogen-bond acceptors (Lipinski definition) is 2. The van der Waals surface area contributed by atoms with E-state index < -0.39 is 0 Å². The number of allylic oxidation sites excluding steroid dienone is 5. The van der Waals surface area contributed by atoms with E-state index >= 15 is 0 Å². The fourth-order valence-corrected chi connectivity index (χ4v) is 0.877. The molecule has 0 saturated heterocycles. The van der Waals surface area contributed by atoms with Gasteiger partial charge in [-0.15, -0.1) is 0 Å². The minimum absolute atomic E-state index is 0.0700. The first kappa shape index (κ1) is 9.58. The average Bonchev–Trinajstić information content (AvgIpc) is 2.42. The Kier molecular flexibility index (Phi) is 3.82. The van der Waals surface area contributed by atoms with Gasteiger partial charge in [0.1, 0.15) is 5.76 Å². The van der Waals surface area contributed by atoms with Crippen molar-refractivity contribution in [2.45, 2.75) is 6.42 Å². The molecule has 13 heavy (non-hydrogen) atoms. The van der Waals surface area contributed by atoms with Gasteiger partial charge < -0.3 is 10.1 Å². The third-order valence-corrected chi connectivity index (χ3v) is 1.60. The first-order valence-corrected chi connectivity index (χ1v) is 4.19. The lowest BCUT2D eigenvalue weighted by Crippen LogP contribution is -2.22. The highest BCUT2D eigenvalue weighted by atomic mass is 16.5. The Bertz CT molecular complexity index is 264. The molecule has 3 nitrogen and oxygen atoms in total. The molecule has 0 fully saturated rings. The van der Waals surface area contributed by atoms with E-state index in [1.165, 1.54) is 0 Å². The Morgan fingerprint density at radius 3 is 3.23 bits per heavy atom. The van der Waals surface area contributed by atoms with E-state index in [4.69, 9.17) is 4.74 Å². The minimum atomic E-state index is -0.123. The van der Waals surface area contributed by atoms with E-state index in [0.29, 0.717) is 0 Å². The van der Waals surface area contributed by atoms with Gasteiger partial charge in [-0.05, 0) is 18.6 Å². The number of rotatable bonds is 3. The Labute approximate surface area is 77.8 Å². The van der Waals surface area contributed by atoms with Crippen LogP contribution in [0.25, 0.3) is 0 Å². The molecule has 1 N–H and O–H groups in total. The third kappa shape index (κ3) is 3.60. The van der Waals surface area contributed by atoms with Crippen LogP contribution in [0.5, 0.6) is 0 Å². The number of nitrogens with one attached hydrogen (secondary N) is 1. The van der Waals surface area contributed by atoms with Gasteiger partial charge in [0, 0.05) is 7.05 Å². The molecule has 0 bridgehead atoms. The minimum Gasteiger partial charge on any atom is -0.484 e. The molecule has 0 aromatic rings. The third-order valence-electron chi connectivity index (χ3n) is 1.60. The number of carbonyl (C=O) groups is 1. The summed E-state index contributed by atoms with van der Waals surface area (Å²) >= 11 is 0. The molecule has 1 rings (SSSR count). The van der Waals surface area contributed by atoms with Crippen LogP contribution in [-0.2, 0) is 9.53 Å². The summed E-state index contributed by atoms with van der Waals surface area (Å²) in [5.41, 5.74) is 0. The Balaban J connectivity index is 2.40. The molecule has 70 valence electrons. The second kappa shape index (κ2) is 5.19. The summed E-state index contributed by atoms with van der Waals surface area (Å²) in [5.74, 6) is 0.597. The molecule has 0 aromatic carbocycles. The van der Waals surface area contributed by atoms with Crippen LogP contribution in [0.1, 0.15) is 6.42 Å². The summed E-state index contributed by atoms with van der Waals surface area (Å²) in [7, 11) is 1.59. The molecule has 0 aromatic heterocycles. The maximum atomic E-state index is 10.8. The molecular formula is C10H13NO2. The van der Waals surface area contributed by atoms with Crippen molar-refractivity contribution in [2.75, 3.05) is 13.7 Å². The van der Waals surface area contributed by atoms with Crippen LogP contribution in [0.4, 0.5) is 0 Å². The number of amides is 1. The van der Waals surface area contributed by atoms with Gasteiger partial charge in [0.05, 0.1) is 0 Å². The lowest BCUT2D eigenvalue weighted by Gasteiger charge is -2.04. The zero-order valence-corrected chi connectivity index (χ0v) is 7.62. The molecule has 1 amide bonds. The predicted molar refractivity (Wildman–Crippen MR) is 51.0 cm³/mol. The van der Waals surface area contributed by atoms with Crippen LogP contribution >= 0.6 is 0 Å². The van der Waals surface area contributed by atoms with Crippen molar-refractivity contribution in [1.82, 2.24) is 5.32 Å². The van der Waals surface area contributed by atoms with Gasteiger partial charge in [0.2, 0.25) is 0 Å². The summed E-state index contributed by atoms with van der Waals surface area (Å²) in [6.45, 7) is 0.0700. The van der Waals surface area contributed by atoms with Gasteiger partial charge in [-0.25, -0.2) is 0 Å². The van der Waals surface area contributed by atoms with Crippen LogP contribution in [0.15, 0.2) is 36.1 Å². The Morgan fingerprint density at radius 1 is 1.62 bits per heavy atom. The summed E-state index contributed by atoms with van der Waals surface area (Å²) in [6.07, 6.45) is 10.5. The average molecular weight is 179 g/mol. The van der Waals surface area contributed by atoms with E-state index in [9.17, 15) is 4.79 Å². The maximum absolute atomic E-state index is 10.8. The number of carbonyl (C=O) groups excluding carboxylic acids is 1. The maximum Gasteiger partial charge on any atom is 0.257 e. The number of hydrogen-bond donors (Lipinski definition) is 1. The molecule has 0 aliphatic heterocycles. The van der Waals surface area contributed by atoms with Crippen LogP contribution in [0, 0.1) is 0 Å². The van der Waals surface area contributed by atoms with E-state index in [1.54, 1.807) is 7.05 Å². The summed E-state index contributed by atoms with van der Waals surface area (Å²) in [6, 6.07) is 0. The van der Waals surface area contributed by atoms with Crippen molar-refractivity contribution in [3.8, 4) is 0 Å². The van der Waals surface area contributed by atoms with E-state index in [-0.39, 0.29) is 12.5 Å². The lowest BCUT2D eigenvalue weighted by atomic mass is 10.4. The highest BCUT2D eigenvalue weighted by Crippen LogP contribution is 2.05. The topological polar surface area (TPSA) is 38.3 Å². The van der Waals surface area contributed by atoms with E-state index in [2.05, 4.69) is 5.32 Å². The zero-order valence-electron chi connectivity index (χ0n) is 7.62. The van der Waals surface area contributed by atoms with Crippen molar-refractivity contribution in [3.05, 3.63) is 36.1 Å². The van der Waals surface area contributed by atoms with Gasteiger partial charge >= 0.3 is 0 Å². The number of ether oxygens (including phenoxy) is 1. The summed E-state index contributed by atoms with van der Waals surface area (Å²) < 4.78 is 5.23. The lowest BCUT2D eigenvalue weighted by molar-refractivity contribution is -0.123. The molecule has 0 spiro atoms. The van der Waals surface area contributed by atoms with Crippen LogP contribution in [0.3, 0.4) is 0 Å². The fourth-order valence-electron chi connectivity index (χ4n) is 0.877. The largest absolute Gasteiger partial charge is 0.484 e. The summed E-state index contributed by atoms with van der Waals surface area (Å²) in [5, 5.41) is 2.49. The summed E-state index contributed by atoms with van der Waals surface area (Å²) in [4.78, 5) is 10.8. The molecular weight excluding hydrogens is 166 g/mol. The van der Waals surface area contributed by atoms with Gasteiger partial charge in [0.25, 0.3) is 5.91 Å². The fraction of sp³-hybridized carbons (Fsp3) is 0.300. The highest BCUT2D eigenvalue weighted by molar-refractivity contribution is 5.76. The molecule has 1 aliphatic rings. The molecule has 3 heteroatoms. The van der Waals surface area contributed by atoms with Crippen LogP contribution < -0.4 is 5.32 Å². The second-order valence-corrected chi connectivity index (χ2v) is 2.60. The van der Waals surface area contributed by atoms with Crippen LogP contribution in [-0.4, -0.2) is 19.6 Å². The van der Waals surface area contributed by atoms with Gasteiger partial charge in [0.15, 0.2) is 6.61 Å². The van der Waals surface area contributed by atoms with Gasteiger partial charge in [-0.2, -0.15) is 0 Å². The van der Waals surface area contributed by atoms with E-state index in [1.807, 2.05) is 30.4 Å². The smallest absolute Gasteiger partial charge is 0.257 e. The molecule has 0 unspecified atom stereocenters. The quantitative estimate of drug-likeness (QED) is 0.705.